The fraction of sp³-hybridized carbons (Fsp3) is 0.133. The highest BCUT2D eigenvalue weighted by Gasteiger charge is 2.20. The highest BCUT2D eigenvalue weighted by atomic mass is 35.5. The summed E-state index contributed by atoms with van der Waals surface area (Å²) >= 11 is 11.4. The van der Waals surface area contributed by atoms with Gasteiger partial charge in [-0.1, -0.05) is 23.7 Å². The zero-order chi connectivity index (χ0) is 13.9. The molecule has 0 aromatic heterocycles. The lowest BCUT2D eigenvalue weighted by atomic mass is 10.2. The normalized spacial score (nSPS) is 13.3. The zero-order valence-electron chi connectivity index (χ0n) is 10.7. The maximum absolute atomic E-state index is 5.88. The highest BCUT2D eigenvalue weighted by Crippen LogP contribution is 2.31. The fourth-order valence-electron chi connectivity index (χ4n) is 2.10. The minimum atomic E-state index is 0.624. The number of fused-ring (bicyclic) bond motifs is 1. The van der Waals surface area contributed by atoms with Crippen LogP contribution in [-0.2, 0) is 0 Å². The first kappa shape index (κ1) is 13.2. The molecule has 1 N–H and O–H groups in total. The van der Waals surface area contributed by atoms with Crippen molar-refractivity contribution in [3.63, 3.8) is 0 Å². The standard InChI is InChI=1S/C15H13ClN2OS/c16-11-5-7-12(8-6-11)17-15(20)18-9-10-19-14-4-2-1-3-13(14)18/h1-8H,9-10H2,(H,17,20). The Morgan fingerprint density at radius 2 is 1.90 bits per heavy atom. The summed E-state index contributed by atoms with van der Waals surface area (Å²) in [5, 5.41) is 4.59. The summed E-state index contributed by atoms with van der Waals surface area (Å²) in [6.45, 7) is 1.36. The molecule has 0 unspecified atom stereocenters. The monoisotopic (exact) mass is 304 g/mol. The molecule has 1 aliphatic heterocycles. The molecule has 5 heteroatoms. The Labute approximate surface area is 128 Å². The van der Waals surface area contributed by atoms with Crippen LogP contribution in [0.2, 0.25) is 5.02 Å². The molecule has 3 nitrogen and oxygen atoms in total. The van der Waals surface area contributed by atoms with Gasteiger partial charge in [0.15, 0.2) is 5.11 Å². The maximum Gasteiger partial charge on any atom is 0.178 e. The summed E-state index contributed by atoms with van der Waals surface area (Å²) < 4.78 is 5.62. The minimum absolute atomic E-state index is 0.624. The molecule has 20 heavy (non-hydrogen) atoms. The van der Waals surface area contributed by atoms with E-state index in [4.69, 9.17) is 28.6 Å². The van der Waals surface area contributed by atoms with Gasteiger partial charge in [-0.25, -0.2) is 0 Å². The first-order chi connectivity index (χ1) is 9.74. The van der Waals surface area contributed by atoms with Gasteiger partial charge in [0.05, 0.1) is 12.2 Å². The molecule has 0 fully saturated rings. The lowest BCUT2D eigenvalue weighted by Gasteiger charge is -2.31. The molecule has 102 valence electrons. The van der Waals surface area contributed by atoms with Gasteiger partial charge in [0.25, 0.3) is 0 Å². The third-order valence-corrected chi connectivity index (χ3v) is 3.64. The molecule has 3 rings (SSSR count). The van der Waals surface area contributed by atoms with Crippen molar-refractivity contribution >= 4 is 40.3 Å². The zero-order valence-corrected chi connectivity index (χ0v) is 12.2. The van der Waals surface area contributed by atoms with Gasteiger partial charge in [0, 0.05) is 10.7 Å². The van der Waals surface area contributed by atoms with Crippen molar-refractivity contribution in [1.29, 1.82) is 0 Å². The van der Waals surface area contributed by atoms with Crippen molar-refractivity contribution in [2.75, 3.05) is 23.4 Å². The van der Waals surface area contributed by atoms with Crippen molar-refractivity contribution < 1.29 is 4.74 Å². The number of para-hydroxylation sites is 2. The fourth-order valence-corrected chi connectivity index (χ4v) is 2.54. The van der Waals surface area contributed by atoms with E-state index in [1.54, 1.807) is 0 Å². The van der Waals surface area contributed by atoms with E-state index in [-0.39, 0.29) is 0 Å². The molecule has 2 aromatic carbocycles. The smallest absolute Gasteiger partial charge is 0.178 e. The van der Waals surface area contributed by atoms with E-state index in [0.29, 0.717) is 16.7 Å². The van der Waals surface area contributed by atoms with Gasteiger partial charge >= 0.3 is 0 Å². The van der Waals surface area contributed by atoms with Gasteiger partial charge in [0.2, 0.25) is 0 Å². The summed E-state index contributed by atoms with van der Waals surface area (Å²) in [5.74, 6) is 0.860. The van der Waals surface area contributed by atoms with Crippen molar-refractivity contribution in [2.45, 2.75) is 0 Å². The van der Waals surface area contributed by atoms with E-state index >= 15 is 0 Å². The Kier molecular flexibility index (Phi) is 3.76. The number of hydrogen-bond acceptors (Lipinski definition) is 2. The number of ether oxygens (including phenoxy) is 1. The number of halogens is 1. The molecule has 0 amide bonds. The quantitative estimate of drug-likeness (QED) is 0.807. The van der Waals surface area contributed by atoms with Crippen LogP contribution in [0.15, 0.2) is 48.5 Å². The average Bonchev–Trinajstić information content (AvgIpc) is 2.49. The Balaban J connectivity index is 1.80. The number of anilines is 2. The SMILES string of the molecule is S=C(Nc1ccc(Cl)cc1)N1CCOc2ccccc21. The summed E-state index contributed by atoms with van der Waals surface area (Å²) in [6.07, 6.45) is 0. The molecule has 0 saturated heterocycles. The Morgan fingerprint density at radius 3 is 2.70 bits per heavy atom. The van der Waals surface area contributed by atoms with E-state index in [0.717, 1.165) is 23.7 Å². The van der Waals surface area contributed by atoms with E-state index < -0.39 is 0 Å². The first-order valence-corrected chi connectivity index (χ1v) is 7.08. The Hall–Kier alpha value is -1.78. The molecular formula is C15H13ClN2OS. The topological polar surface area (TPSA) is 24.5 Å². The van der Waals surface area contributed by atoms with E-state index in [1.165, 1.54) is 0 Å². The molecule has 1 heterocycles. The summed E-state index contributed by atoms with van der Waals surface area (Å²) in [4.78, 5) is 2.04. The molecular weight excluding hydrogens is 292 g/mol. The predicted octanol–water partition coefficient (Wildman–Crippen LogP) is 3.94. The van der Waals surface area contributed by atoms with Crippen LogP contribution < -0.4 is 15.0 Å². The Morgan fingerprint density at radius 1 is 1.15 bits per heavy atom. The van der Waals surface area contributed by atoms with Crippen molar-refractivity contribution in [1.82, 2.24) is 0 Å². The maximum atomic E-state index is 5.88. The third kappa shape index (κ3) is 2.71. The second-order valence-electron chi connectivity index (χ2n) is 4.40. The van der Waals surface area contributed by atoms with Crippen molar-refractivity contribution in [2.24, 2.45) is 0 Å². The van der Waals surface area contributed by atoms with Crippen LogP contribution in [-0.4, -0.2) is 18.3 Å². The van der Waals surface area contributed by atoms with Crippen LogP contribution in [0.5, 0.6) is 5.75 Å². The lowest BCUT2D eigenvalue weighted by molar-refractivity contribution is 0.315. The molecule has 0 bridgehead atoms. The van der Waals surface area contributed by atoms with Crippen LogP contribution in [0.1, 0.15) is 0 Å². The predicted molar refractivity (Wildman–Crippen MR) is 87.0 cm³/mol. The van der Waals surface area contributed by atoms with Crippen molar-refractivity contribution in [3.8, 4) is 5.75 Å². The highest BCUT2D eigenvalue weighted by molar-refractivity contribution is 7.80. The molecule has 0 spiro atoms. The lowest BCUT2D eigenvalue weighted by Crippen LogP contribution is -2.40. The van der Waals surface area contributed by atoms with Crippen LogP contribution in [0, 0.1) is 0 Å². The van der Waals surface area contributed by atoms with Crippen LogP contribution in [0.4, 0.5) is 11.4 Å². The van der Waals surface area contributed by atoms with Crippen LogP contribution in [0.25, 0.3) is 0 Å². The minimum Gasteiger partial charge on any atom is -0.490 e. The van der Waals surface area contributed by atoms with Crippen LogP contribution in [0.3, 0.4) is 0 Å². The summed E-state index contributed by atoms with van der Waals surface area (Å²) in [5.41, 5.74) is 1.91. The van der Waals surface area contributed by atoms with Gasteiger partial charge in [-0.3, -0.25) is 0 Å². The molecule has 0 atom stereocenters. The second kappa shape index (κ2) is 5.69. The molecule has 0 aliphatic carbocycles. The number of nitrogens with zero attached hydrogens (tertiary/aromatic N) is 1. The first-order valence-electron chi connectivity index (χ1n) is 6.30. The Bertz CT molecular complexity index is 630. The summed E-state index contributed by atoms with van der Waals surface area (Å²) in [6, 6.07) is 15.4. The number of thiocarbonyl (C=S) groups is 1. The van der Waals surface area contributed by atoms with Crippen molar-refractivity contribution in [3.05, 3.63) is 53.6 Å². The summed E-state index contributed by atoms with van der Waals surface area (Å²) in [7, 11) is 0. The number of rotatable bonds is 1. The van der Waals surface area contributed by atoms with Gasteiger partial charge in [-0.15, -0.1) is 0 Å². The molecule has 0 saturated carbocycles. The van der Waals surface area contributed by atoms with Gasteiger partial charge < -0.3 is 15.0 Å². The van der Waals surface area contributed by atoms with Gasteiger partial charge in [0.1, 0.15) is 12.4 Å². The largest absolute Gasteiger partial charge is 0.490 e. The third-order valence-electron chi connectivity index (χ3n) is 3.07. The van der Waals surface area contributed by atoms with E-state index in [1.807, 2.05) is 53.4 Å². The second-order valence-corrected chi connectivity index (χ2v) is 5.23. The number of hydrogen-bond donors (Lipinski definition) is 1. The average molecular weight is 305 g/mol. The molecule has 1 aliphatic rings. The van der Waals surface area contributed by atoms with Crippen LogP contribution >= 0.6 is 23.8 Å². The molecule has 0 radical (unpaired) electrons. The van der Waals surface area contributed by atoms with E-state index in [9.17, 15) is 0 Å². The molecule has 2 aromatic rings. The number of nitrogens with one attached hydrogen (secondary N) is 1. The van der Waals surface area contributed by atoms with E-state index in [2.05, 4.69) is 5.32 Å². The van der Waals surface area contributed by atoms with Gasteiger partial charge in [-0.2, -0.15) is 0 Å². The number of benzene rings is 2. The van der Waals surface area contributed by atoms with Gasteiger partial charge in [-0.05, 0) is 48.6 Å².